The molecule has 5 heteroatoms. The van der Waals surface area contributed by atoms with Gasteiger partial charge in [0.05, 0.1) is 29.9 Å². The molecule has 0 radical (unpaired) electrons. The number of para-hydroxylation sites is 1. The van der Waals surface area contributed by atoms with E-state index >= 15 is 0 Å². The number of fused-ring (bicyclic) bond motifs is 1. The fraction of sp³-hybridized carbons (Fsp3) is 0.222. The highest BCUT2D eigenvalue weighted by Gasteiger charge is 2.17. The number of benzene rings is 2. The summed E-state index contributed by atoms with van der Waals surface area (Å²) in [5.41, 5.74) is 3.32. The van der Waals surface area contributed by atoms with E-state index in [9.17, 15) is 9.90 Å². The van der Waals surface area contributed by atoms with Gasteiger partial charge in [0.25, 0.3) is 5.91 Å². The molecule has 2 aromatic carbocycles. The van der Waals surface area contributed by atoms with Gasteiger partial charge in [-0.15, -0.1) is 0 Å². The van der Waals surface area contributed by atoms with Crippen LogP contribution >= 0.6 is 0 Å². The number of nitrogens with zero attached hydrogens (tertiary/aromatic N) is 1. The maximum absolute atomic E-state index is 12.6. The van der Waals surface area contributed by atoms with Crippen LogP contribution in [0, 0.1) is 0 Å². The monoisotopic (exact) mass is 309 g/mol. The third-order valence-corrected chi connectivity index (χ3v) is 4.00. The average molecular weight is 309 g/mol. The molecule has 1 aromatic heterocycles. The molecule has 0 saturated heterocycles. The second-order valence-electron chi connectivity index (χ2n) is 5.44. The Hall–Kier alpha value is -2.66. The Morgan fingerprint density at radius 2 is 2.04 bits per heavy atom. The number of rotatable bonds is 5. The van der Waals surface area contributed by atoms with E-state index < -0.39 is 6.04 Å². The van der Waals surface area contributed by atoms with Crippen molar-refractivity contribution in [3.05, 3.63) is 65.4 Å². The van der Waals surface area contributed by atoms with Crippen molar-refractivity contribution in [2.75, 3.05) is 6.61 Å². The highest BCUT2D eigenvalue weighted by Crippen LogP contribution is 2.18. The van der Waals surface area contributed by atoms with Crippen molar-refractivity contribution in [3.8, 4) is 0 Å². The first-order chi connectivity index (χ1) is 11.2. The minimum Gasteiger partial charge on any atom is -0.394 e. The molecule has 0 saturated carbocycles. The van der Waals surface area contributed by atoms with E-state index in [4.69, 9.17) is 0 Å². The molecule has 3 rings (SSSR count). The molecule has 1 amide bonds. The predicted octanol–water partition coefficient (Wildman–Crippen LogP) is 2.59. The summed E-state index contributed by atoms with van der Waals surface area (Å²) < 4.78 is 0. The molecule has 1 heterocycles. The van der Waals surface area contributed by atoms with Gasteiger partial charge in [-0.3, -0.25) is 9.89 Å². The second-order valence-corrected chi connectivity index (χ2v) is 5.44. The minimum atomic E-state index is -0.438. The highest BCUT2D eigenvalue weighted by atomic mass is 16.3. The lowest BCUT2D eigenvalue weighted by Gasteiger charge is -2.17. The first kappa shape index (κ1) is 15.2. The summed E-state index contributed by atoms with van der Waals surface area (Å²) in [4.78, 5) is 12.6. The predicted molar refractivity (Wildman–Crippen MR) is 89.2 cm³/mol. The van der Waals surface area contributed by atoms with Crippen LogP contribution in [0.5, 0.6) is 0 Å². The van der Waals surface area contributed by atoms with E-state index in [-0.39, 0.29) is 12.5 Å². The number of aromatic amines is 1. The molecule has 3 aromatic rings. The molecule has 0 aliphatic carbocycles. The number of carbonyl (C=O) groups is 1. The lowest BCUT2D eigenvalue weighted by atomic mass is 10.0. The molecular weight excluding hydrogens is 290 g/mol. The zero-order valence-electron chi connectivity index (χ0n) is 12.9. The van der Waals surface area contributed by atoms with E-state index in [2.05, 4.69) is 22.4 Å². The van der Waals surface area contributed by atoms with E-state index in [0.717, 1.165) is 17.4 Å². The first-order valence-corrected chi connectivity index (χ1v) is 7.65. The van der Waals surface area contributed by atoms with Gasteiger partial charge in [-0.1, -0.05) is 43.3 Å². The van der Waals surface area contributed by atoms with Crippen molar-refractivity contribution in [1.82, 2.24) is 15.5 Å². The third-order valence-electron chi connectivity index (χ3n) is 4.00. The van der Waals surface area contributed by atoms with E-state index in [0.29, 0.717) is 11.1 Å². The molecule has 0 aliphatic rings. The van der Waals surface area contributed by atoms with Gasteiger partial charge in [0, 0.05) is 5.39 Å². The Morgan fingerprint density at radius 3 is 2.74 bits per heavy atom. The maximum Gasteiger partial charge on any atom is 0.254 e. The highest BCUT2D eigenvalue weighted by molar-refractivity contribution is 6.05. The van der Waals surface area contributed by atoms with Crippen LogP contribution in [0.1, 0.15) is 34.5 Å². The zero-order chi connectivity index (χ0) is 16.2. The lowest BCUT2D eigenvalue weighted by molar-refractivity contribution is 0.0917. The minimum absolute atomic E-state index is 0.157. The number of nitrogens with one attached hydrogen (secondary N) is 2. The van der Waals surface area contributed by atoms with Gasteiger partial charge in [0.2, 0.25) is 0 Å². The molecule has 5 nitrogen and oxygen atoms in total. The number of carbonyl (C=O) groups excluding carboxylic acids is 1. The number of aliphatic hydroxyl groups is 1. The van der Waals surface area contributed by atoms with Crippen molar-refractivity contribution in [3.63, 3.8) is 0 Å². The molecule has 0 spiro atoms. The van der Waals surface area contributed by atoms with Crippen molar-refractivity contribution in [1.29, 1.82) is 0 Å². The van der Waals surface area contributed by atoms with Crippen LogP contribution in [0.15, 0.2) is 48.7 Å². The van der Waals surface area contributed by atoms with Crippen LogP contribution in [0.2, 0.25) is 0 Å². The molecular formula is C18H19N3O2. The fourth-order valence-corrected chi connectivity index (χ4v) is 2.61. The molecule has 3 N–H and O–H groups in total. The van der Waals surface area contributed by atoms with E-state index in [1.165, 1.54) is 5.56 Å². The summed E-state index contributed by atoms with van der Waals surface area (Å²) in [5.74, 6) is -0.238. The molecule has 0 bridgehead atoms. The first-order valence-electron chi connectivity index (χ1n) is 7.65. The van der Waals surface area contributed by atoms with Gasteiger partial charge in [-0.05, 0) is 23.6 Å². The van der Waals surface area contributed by atoms with Crippen molar-refractivity contribution >= 4 is 16.8 Å². The Morgan fingerprint density at radius 1 is 1.26 bits per heavy atom. The Kier molecular flexibility index (Phi) is 4.39. The summed E-state index contributed by atoms with van der Waals surface area (Å²) in [5, 5.41) is 20.2. The average Bonchev–Trinajstić information content (AvgIpc) is 3.08. The topological polar surface area (TPSA) is 78.0 Å². The fourth-order valence-electron chi connectivity index (χ4n) is 2.61. The van der Waals surface area contributed by atoms with Gasteiger partial charge in [0.15, 0.2) is 0 Å². The Bertz CT molecular complexity index is 809. The zero-order valence-corrected chi connectivity index (χ0v) is 12.9. The molecule has 1 unspecified atom stereocenters. The van der Waals surface area contributed by atoms with Gasteiger partial charge in [0.1, 0.15) is 0 Å². The van der Waals surface area contributed by atoms with E-state index in [1.807, 2.05) is 36.4 Å². The van der Waals surface area contributed by atoms with Crippen LogP contribution in [0.3, 0.4) is 0 Å². The number of amides is 1. The molecule has 118 valence electrons. The van der Waals surface area contributed by atoms with Crippen LogP contribution in [0.25, 0.3) is 10.9 Å². The third kappa shape index (κ3) is 3.10. The van der Waals surface area contributed by atoms with Crippen LogP contribution in [0.4, 0.5) is 0 Å². The Balaban J connectivity index is 1.83. The van der Waals surface area contributed by atoms with Gasteiger partial charge < -0.3 is 10.4 Å². The SMILES string of the molecule is CCc1ccc(C(CO)NC(=O)c2cccc3cn[nH]c23)cc1. The Labute approximate surface area is 134 Å². The number of aromatic nitrogens is 2. The van der Waals surface area contributed by atoms with Gasteiger partial charge in [-0.25, -0.2) is 0 Å². The maximum atomic E-state index is 12.6. The number of hydrogen-bond acceptors (Lipinski definition) is 3. The van der Waals surface area contributed by atoms with Crippen molar-refractivity contribution in [2.45, 2.75) is 19.4 Å². The van der Waals surface area contributed by atoms with E-state index in [1.54, 1.807) is 12.3 Å². The van der Waals surface area contributed by atoms with Gasteiger partial charge in [-0.2, -0.15) is 5.10 Å². The quantitative estimate of drug-likeness (QED) is 0.678. The van der Waals surface area contributed by atoms with Crippen molar-refractivity contribution in [2.24, 2.45) is 0 Å². The normalized spacial score (nSPS) is 12.3. The standard InChI is InChI=1S/C18H19N3O2/c1-2-12-6-8-13(9-7-12)16(11-22)20-18(23)15-5-3-4-14-10-19-21-17(14)15/h3-10,16,22H,2,11H2,1H3,(H,19,21)(H,20,23). The smallest absolute Gasteiger partial charge is 0.254 e. The summed E-state index contributed by atoms with van der Waals surface area (Å²) >= 11 is 0. The molecule has 0 aliphatic heterocycles. The number of hydrogen-bond donors (Lipinski definition) is 3. The molecule has 0 fully saturated rings. The van der Waals surface area contributed by atoms with Gasteiger partial charge >= 0.3 is 0 Å². The lowest BCUT2D eigenvalue weighted by Crippen LogP contribution is -2.31. The number of H-pyrrole nitrogens is 1. The summed E-state index contributed by atoms with van der Waals surface area (Å²) in [6.45, 7) is 1.93. The summed E-state index contributed by atoms with van der Waals surface area (Å²) in [7, 11) is 0. The van der Waals surface area contributed by atoms with Crippen LogP contribution in [-0.2, 0) is 6.42 Å². The molecule has 23 heavy (non-hydrogen) atoms. The van der Waals surface area contributed by atoms with Crippen molar-refractivity contribution < 1.29 is 9.90 Å². The summed E-state index contributed by atoms with van der Waals surface area (Å²) in [6.07, 6.45) is 2.64. The second kappa shape index (κ2) is 6.62. The van der Waals surface area contributed by atoms with Crippen LogP contribution in [-0.4, -0.2) is 27.8 Å². The number of aryl methyl sites for hydroxylation is 1. The molecule has 1 atom stereocenters. The number of aliphatic hydroxyl groups excluding tert-OH is 1. The largest absolute Gasteiger partial charge is 0.394 e. The summed E-state index contributed by atoms with van der Waals surface area (Å²) in [6, 6.07) is 12.9. The van der Waals surface area contributed by atoms with Crippen LogP contribution < -0.4 is 5.32 Å².